The zero-order valence-electron chi connectivity index (χ0n) is 10.1. The molecule has 3 nitrogen and oxygen atoms in total. The van der Waals surface area contributed by atoms with Gasteiger partial charge in [0.25, 0.3) is 0 Å². The highest BCUT2D eigenvalue weighted by Gasteiger charge is 2.53. The molecule has 0 aromatic heterocycles. The first-order chi connectivity index (χ1) is 7.57. The lowest BCUT2D eigenvalue weighted by Crippen LogP contribution is -2.37. The van der Waals surface area contributed by atoms with Crippen molar-refractivity contribution in [3.05, 3.63) is 12.2 Å². The molecule has 0 bridgehead atoms. The zero-order chi connectivity index (χ0) is 11.8. The maximum atomic E-state index is 12.1. The predicted molar refractivity (Wildman–Crippen MR) is 61.0 cm³/mol. The SMILES string of the molecule is C=C(C)COC(=O)C1(CC)CCC2OC2C1. The Balaban J connectivity index is 1.96. The van der Waals surface area contributed by atoms with E-state index >= 15 is 0 Å². The number of epoxide rings is 1. The van der Waals surface area contributed by atoms with Gasteiger partial charge in [-0.1, -0.05) is 13.5 Å². The summed E-state index contributed by atoms with van der Waals surface area (Å²) >= 11 is 0. The molecule has 1 saturated heterocycles. The van der Waals surface area contributed by atoms with E-state index in [4.69, 9.17) is 9.47 Å². The van der Waals surface area contributed by atoms with Crippen LogP contribution in [0.2, 0.25) is 0 Å². The Morgan fingerprint density at radius 1 is 1.56 bits per heavy atom. The maximum absolute atomic E-state index is 12.1. The Kier molecular flexibility index (Phi) is 3.06. The first-order valence-electron chi connectivity index (χ1n) is 6.04. The predicted octanol–water partition coefficient (Wildman–Crippen LogP) is 2.45. The molecule has 0 N–H and O–H groups in total. The van der Waals surface area contributed by atoms with E-state index in [1.54, 1.807) is 0 Å². The maximum Gasteiger partial charge on any atom is 0.312 e. The van der Waals surface area contributed by atoms with Gasteiger partial charge in [0.05, 0.1) is 17.6 Å². The number of ether oxygens (including phenoxy) is 2. The van der Waals surface area contributed by atoms with Crippen molar-refractivity contribution in [2.45, 2.75) is 51.7 Å². The van der Waals surface area contributed by atoms with Crippen molar-refractivity contribution < 1.29 is 14.3 Å². The molecule has 1 saturated carbocycles. The molecular weight excluding hydrogens is 204 g/mol. The number of fused-ring (bicyclic) bond motifs is 1. The van der Waals surface area contributed by atoms with Crippen LogP contribution in [0.25, 0.3) is 0 Å². The van der Waals surface area contributed by atoms with Crippen LogP contribution in [-0.2, 0) is 14.3 Å². The van der Waals surface area contributed by atoms with E-state index in [0.29, 0.717) is 18.8 Å². The van der Waals surface area contributed by atoms with Crippen molar-refractivity contribution in [3.8, 4) is 0 Å². The smallest absolute Gasteiger partial charge is 0.312 e. The number of hydrogen-bond acceptors (Lipinski definition) is 3. The van der Waals surface area contributed by atoms with E-state index in [2.05, 4.69) is 13.5 Å². The summed E-state index contributed by atoms with van der Waals surface area (Å²) in [6, 6.07) is 0. The van der Waals surface area contributed by atoms with E-state index in [-0.39, 0.29) is 11.4 Å². The second-order valence-corrected chi connectivity index (χ2v) is 5.12. The van der Waals surface area contributed by atoms with Crippen LogP contribution in [0.15, 0.2) is 12.2 Å². The van der Waals surface area contributed by atoms with Crippen LogP contribution in [0.4, 0.5) is 0 Å². The molecule has 0 radical (unpaired) electrons. The van der Waals surface area contributed by atoms with Crippen LogP contribution >= 0.6 is 0 Å². The highest BCUT2D eigenvalue weighted by atomic mass is 16.6. The molecule has 1 heterocycles. The average molecular weight is 224 g/mol. The number of hydrogen-bond donors (Lipinski definition) is 0. The van der Waals surface area contributed by atoms with Gasteiger partial charge in [-0.3, -0.25) is 4.79 Å². The summed E-state index contributed by atoms with van der Waals surface area (Å²) in [7, 11) is 0. The van der Waals surface area contributed by atoms with Gasteiger partial charge in [0.1, 0.15) is 6.61 Å². The number of carbonyl (C=O) groups excluding carboxylic acids is 1. The van der Waals surface area contributed by atoms with Gasteiger partial charge in [0.15, 0.2) is 0 Å². The minimum atomic E-state index is -0.298. The molecule has 0 aromatic carbocycles. The minimum Gasteiger partial charge on any atom is -0.461 e. The molecule has 2 rings (SSSR count). The third-order valence-corrected chi connectivity index (χ3v) is 3.75. The lowest BCUT2D eigenvalue weighted by atomic mass is 9.72. The fourth-order valence-electron chi connectivity index (χ4n) is 2.51. The Morgan fingerprint density at radius 2 is 2.31 bits per heavy atom. The van der Waals surface area contributed by atoms with E-state index in [9.17, 15) is 4.79 Å². The van der Waals surface area contributed by atoms with Gasteiger partial charge < -0.3 is 9.47 Å². The first kappa shape index (κ1) is 11.6. The van der Waals surface area contributed by atoms with E-state index < -0.39 is 0 Å². The molecule has 1 aliphatic heterocycles. The van der Waals surface area contributed by atoms with Crippen molar-refractivity contribution >= 4 is 5.97 Å². The molecule has 0 amide bonds. The standard InChI is InChI=1S/C13H20O3/c1-4-13(12(14)15-8-9(2)3)6-5-10-11(7-13)16-10/h10-11H,2,4-8H2,1,3H3. The molecule has 3 heteroatoms. The molecular formula is C13H20O3. The van der Waals surface area contributed by atoms with Crippen LogP contribution in [0, 0.1) is 5.41 Å². The number of rotatable bonds is 4. The Bertz CT molecular complexity index is 310. The van der Waals surface area contributed by atoms with Crippen molar-refractivity contribution in [2.24, 2.45) is 5.41 Å². The monoisotopic (exact) mass is 224 g/mol. The molecule has 2 aliphatic rings. The van der Waals surface area contributed by atoms with Crippen molar-refractivity contribution in [1.29, 1.82) is 0 Å². The molecule has 0 aromatic rings. The zero-order valence-corrected chi connectivity index (χ0v) is 10.1. The summed E-state index contributed by atoms with van der Waals surface area (Å²) in [5, 5.41) is 0. The summed E-state index contributed by atoms with van der Waals surface area (Å²) < 4.78 is 10.8. The van der Waals surface area contributed by atoms with E-state index in [1.165, 1.54) is 0 Å². The van der Waals surface area contributed by atoms with Crippen LogP contribution in [0.5, 0.6) is 0 Å². The largest absolute Gasteiger partial charge is 0.461 e. The van der Waals surface area contributed by atoms with Crippen molar-refractivity contribution in [2.75, 3.05) is 6.61 Å². The molecule has 3 unspecified atom stereocenters. The number of carbonyl (C=O) groups is 1. The van der Waals surface area contributed by atoms with Crippen LogP contribution < -0.4 is 0 Å². The lowest BCUT2D eigenvalue weighted by molar-refractivity contribution is -0.157. The molecule has 2 fully saturated rings. The van der Waals surface area contributed by atoms with E-state index in [1.807, 2.05) is 6.92 Å². The molecule has 0 spiro atoms. The van der Waals surface area contributed by atoms with Gasteiger partial charge in [-0.05, 0) is 38.2 Å². The summed E-state index contributed by atoms with van der Waals surface area (Å²) in [4.78, 5) is 12.1. The minimum absolute atomic E-state index is 0.0630. The molecule has 90 valence electrons. The Hall–Kier alpha value is -0.830. The molecule has 16 heavy (non-hydrogen) atoms. The highest BCUT2D eigenvalue weighted by molar-refractivity contribution is 5.77. The molecule has 1 aliphatic carbocycles. The summed E-state index contributed by atoms with van der Waals surface area (Å²) in [5.74, 6) is -0.0630. The second kappa shape index (κ2) is 4.21. The van der Waals surface area contributed by atoms with E-state index in [0.717, 1.165) is 31.3 Å². The van der Waals surface area contributed by atoms with Gasteiger partial charge in [0, 0.05) is 0 Å². The summed E-state index contributed by atoms with van der Waals surface area (Å²) in [6.07, 6.45) is 4.32. The topological polar surface area (TPSA) is 38.8 Å². The summed E-state index contributed by atoms with van der Waals surface area (Å²) in [6.45, 7) is 8.01. The Labute approximate surface area is 96.8 Å². The third-order valence-electron chi connectivity index (χ3n) is 3.75. The van der Waals surface area contributed by atoms with Crippen molar-refractivity contribution in [3.63, 3.8) is 0 Å². The summed E-state index contributed by atoms with van der Waals surface area (Å²) in [5.41, 5.74) is 0.587. The lowest BCUT2D eigenvalue weighted by Gasteiger charge is -2.32. The third kappa shape index (κ3) is 2.14. The van der Waals surface area contributed by atoms with Gasteiger partial charge >= 0.3 is 5.97 Å². The van der Waals surface area contributed by atoms with Crippen LogP contribution in [0.3, 0.4) is 0 Å². The van der Waals surface area contributed by atoms with Crippen LogP contribution in [0.1, 0.15) is 39.5 Å². The van der Waals surface area contributed by atoms with Gasteiger partial charge in [-0.15, -0.1) is 0 Å². The van der Waals surface area contributed by atoms with Gasteiger partial charge in [-0.25, -0.2) is 0 Å². The normalized spacial score (nSPS) is 36.4. The van der Waals surface area contributed by atoms with Crippen LogP contribution in [-0.4, -0.2) is 24.8 Å². The first-order valence-corrected chi connectivity index (χ1v) is 6.04. The highest BCUT2D eigenvalue weighted by Crippen LogP contribution is 2.48. The van der Waals surface area contributed by atoms with Gasteiger partial charge in [-0.2, -0.15) is 0 Å². The number of esters is 1. The quantitative estimate of drug-likeness (QED) is 0.418. The Morgan fingerprint density at radius 3 is 2.88 bits per heavy atom. The fourth-order valence-corrected chi connectivity index (χ4v) is 2.51. The fraction of sp³-hybridized carbons (Fsp3) is 0.769. The van der Waals surface area contributed by atoms with Gasteiger partial charge in [0.2, 0.25) is 0 Å². The van der Waals surface area contributed by atoms with Crippen molar-refractivity contribution in [1.82, 2.24) is 0 Å². The second-order valence-electron chi connectivity index (χ2n) is 5.12. The molecule has 3 atom stereocenters. The average Bonchev–Trinajstić information content (AvgIpc) is 3.03.